The van der Waals surface area contributed by atoms with Crippen molar-refractivity contribution in [3.05, 3.63) is 94.9 Å². The number of hydrazine groups is 1. The predicted octanol–water partition coefficient (Wildman–Crippen LogP) is 4.31. The summed E-state index contributed by atoms with van der Waals surface area (Å²) in [7, 11) is 1.82. The largest absolute Gasteiger partial charge is 0.352 e. The number of hydrogen-bond donors (Lipinski definition) is 3. The fourth-order valence-corrected chi connectivity index (χ4v) is 5.14. The van der Waals surface area contributed by atoms with Gasteiger partial charge in [0.2, 0.25) is 0 Å². The van der Waals surface area contributed by atoms with Crippen LogP contribution in [0.5, 0.6) is 0 Å². The van der Waals surface area contributed by atoms with E-state index in [-0.39, 0.29) is 17.9 Å². The Bertz CT molecular complexity index is 1200. The number of anilines is 1. The van der Waals surface area contributed by atoms with Crippen LogP contribution in [0.25, 0.3) is 0 Å². The SMILES string of the molecule is CN(CCCC1CC(c2cccc(F)c2)NN1)C(=O)NCc1ccc(N2CCc3ccccc3C2)nc1. The summed E-state index contributed by atoms with van der Waals surface area (Å²) in [6, 6.07) is 19.7. The number of benzene rings is 2. The second-order valence-corrected chi connectivity index (χ2v) is 10.0. The molecule has 194 valence electrons. The minimum Gasteiger partial charge on any atom is -0.352 e. The Morgan fingerprint density at radius 1 is 1.14 bits per heavy atom. The maximum Gasteiger partial charge on any atom is 0.317 e. The number of urea groups is 1. The molecule has 2 atom stereocenters. The summed E-state index contributed by atoms with van der Waals surface area (Å²) in [5.74, 6) is 0.756. The lowest BCUT2D eigenvalue weighted by atomic mass is 9.99. The Hall–Kier alpha value is -3.49. The highest BCUT2D eigenvalue weighted by Crippen LogP contribution is 2.25. The molecule has 2 amide bonds. The molecule has 0 saturated carbocycles. The number of nitrogens with zero attached hydrogens (tertiary/aromatic N) is 3. The number of aromatic nitrogens is 1. The first-order valence-electron chi connectivity index (χ1n) is 13.1. The van der Waals surface area contributed by atoms with Crippen molar-refractivity contribution in [3.63, 3.8) is 0 Å². The van der Waals surface area contributed by atoms with Gasteiger partial charge < -0.3 is 15.1 Å². The molecule has 0 aliphatic carbocycles. The van der Waals surface area contributed by atoms with Gasteiger partial charge in [-0.1, -0.05) is 42.5 Å². The van der Waals surface area contributed by atoms with Crippen LogP contribution >= 0.6 is 0 Å². The van der Waals surface area contributed by atoms with Crippen molar-refractivity contribution < 1.29 is 9.18 Å². The molecule has 2 aliphatic rings. The molecular formula is C29H35FN6O. The Kier molecular flexibility index (Phi) is 7.96. The van der Waals surface area contributed by atoms with Gasteiger partial charge in [0, 0.05) is 51.5 Å². The molecule has 0 radical (unpaired) electrons. The molecule has 7 nitrogen and oxygen atoms in total. The summed E-state index contributed by atoms with van der Waals surface area (Å²) in [5, 5.41) is 2.99. The van der Waals surface area contributed by atoms with Crippen molar-refractivity contribution in [2.24, 2.45) is 0 Å². The average molecular weight is 503 g/mol. The van der Waals surface area contributed by atoms with Crippen LogP contribution in [0.4, 0.5) is 15.0 Å². The standard InChI is InChI=1S/C29H35FN6O/c1-35(14-5-10-26-17-27(34-33-26)23-8-4-9-25(30)16-23)29(37)32-19-21-11-12-28(31-18-21)36-15-13-22-6-2-3-7-24(22)20-36/h2-4,6-9,11-12,16,18,26-27,33-34H,5,10,13-15,17,19-20H2,1H3,(H,32,37). The third-order valence-corrected chi connectivity index (χ3v) is 7.33. The molecule has 37 heavy (non-hydrogen) atoms. The van der Waals surface area contributed by atoms with Crippen LogP contribution in [0.3, 0.4) is 0 Å². The molecule has 8 heteroatoms. The molecule has 2 unspecified atom stereocenters. The van der Waals surface area contributed by atoms with Crippen molar-refractivity contribution in [2.75, 3.05) is 25.0 Å². The van der Waals surface area contributed by atoms with Gasteiger partial charge >= 0.3 is 6.03 Å². The first-order valence-corrected chi connectivity index (χ1v) is 13.1. The van der Waals surface area contributed by atoms with Crippen LogP contribution in [0.1, 0.15) is 47.6 Å². The zero-order valence-corrected chi connectivity index (χ0v) is 21.3. The van der Waals surface area contributed by atoms with Crippen LogP contribution in [-0.4, -0.2) is 42.1 Å². The van der Waals surface area contributed by atoms with Crippen LogP contribution in [0.15, 0.2) is 66.9 Å². The Balaban J connectivity index is 1.02. The summed E-state index contributed by atoms with van der Waals surface area (Å²) >= 11 is 0. The lowest BCUT2D eigenvalue weighted by molar-refractivity contribution is 0.207. The highest BCUT2D eigenvalue weighted by molar-refractivity contribution is 5.73. The van der Waals surface area contributed by atoms with E-state index in [1.54, 1.807) is 17.0 Å². The predicted molar refractivity (Wildman–Crippen MR) is 143 cm³/mol. The maximum absolute atomic E-state index is 13.5. The zero-order valence-electron chi connectivity index (χ0n) is 21.3. The van der Waals surface area contributed by atoms with Crippen molar-refractivity contribution in [3.8, 4) is 0 Å². The van der Waals surface area contributed by atoms with Gasteiger partial charge in [-0.15, -0.1) is 0 Å². The number of hydrogen-bond acceptors (Lipinski definition) is 5. The molecule has 1 saturated heterocycles. The van der Waals surface area contributed by atoms with Gasteiger partial charge in [0.05, 0.1) is 0 Å². The fraction of sp³-hybridized carbons (Fsp3) is 0.379. The summed E-state index contributed by atoms with van der Waals surface area (Å²) in [6.45, 7) is 2.95. The number of halogens is 1. The molecule has 3 aromatic rings. The van der Waals surface area contributed by atoms with Crippen molar-refractivity contribution >= 4 is 11.8 Å². The van der Waals surface area contributed by atoms with E-state index in [0.29, 0.717) is 19.1 Å². The first kappa shape index (κ1) is 25.2. The van der Waals surface area contributed by atoms with E-state index in [1.165, 1.54) is 17.2 Å². The summed E-state index contributed by atoms with van der Waals surface area (Å²) < 4.78 is 13.5. The van der Waals surface area contributed by atoms with Crippen molar-refractivity contribution in [2.45, 2.75) is 50.9 Å². The third-order valence-electron chi connectivity index (χ3n) is 7.33. The molecule has 0 spiro atoms. The van der Waals surface area contributed by atoms with Gasteiger partial charge in [0.15, 0.2) is 0 Å². The van der Waals surface area contributed by atoms with Gasteiger partial charge in [-0.05, 0) is 66.1 Å². The second kappa shape index (κ2) is 11.7. The smallest absolute Gasteiger partial charge is 0.317 e. The van der Waals surface area contributed by atoms with E-state index in [1.807, 2.05) is 31.4 Å². The first-order chi connectivity index (χ1) is 18.0. The highest BCUT2D eigenvalue weighted by Gasteiger charge is 2.25. The Morgan fingerprint density at radius 2 is 2.00 bits per heavy atom. The topological polar surface area (TPSA) is 72.5 Å². The van der Waals surface area contributed by atoms with Gasteiger partial charge in [-0.2, -0.15) is 0 Å². The van der Waals surface area contributed by atoms with Gasteiger partial charge in [-0.3, -0.25) is 10.9 Å². The van der Waals surface area contributed by atoms with E-state index in [2.05, 4.69) is 50.3 Å². The van der Waals surface area contributed by atoms with Gasteiger partial charge in [0.1, 0.15) is 11.6 Å². The number of pyridine rings is 1. The minimum absolute atomic E-state index is 0.0909. The van der Waals surface area contributed by atoms with Crippen molar-refractivity contribution in [1.29, 1.82) is 0 Å². The molecular weight excluding hydrogens is 467 g/mol. The minimum atomic E-state index is -0.213. The molecule has 1 fully saturated rings. The van der Waals surface area contributed by atoms with Crippen LogP contribution in [0, 0.1) is 5.82 Å². The molecule has 1 aromatic heterocycles. The third kappa shape index (κ3) is 6.45. The van der Waals surface area contributed by atoms with Crippen LogP contribution < -0.4 is 21.1 Å². The van der Waals surface area contributed by atoms with Gasteiger partial charge in [0.25, 0.3) is 0 Å². The number of amides is 2. The van der Waals surface area contributed by atoms with E-state index >= 15 is 0 Å². The van der Waals surface area contributed by atoms with E-state index < -0.39 is 0 Å². The number of nitrogens with one attached hydrogen (secondary N) is 3. The monoisotopic (exact) mass is 502 g/mol. The van der Waals surface area contributed by atoms with E-state index in [9.17, 15) is 9.18 Å². The number of fused-ring (bicyclic) bond motifs is 1. The lowest BCUT2D eigenvalue weighted by Crippen LogP contribution is -2.38. The number of carbonyl (C=O) groups excluding carboxylic acids is 1. The average Bonchev–Trinajstić information content (AvgIpc) is 3.41. The van der Waals surface area contributed by atoms with E-state index in [4.69, 9.17) is 0 Å². The molecule has 2 aliphatic heterocycles. The van der Waals surface area contributed by atoms with Crippen molar-refractivity contribution in [1.82, 2.24) is 26.1 Å². The summed E-state index contributed by atoms with van der Waals surface area (Å²) in [6.07, 6.45) is 5.59. The zero-order chi connectivity index (χ0) is 25.6. The summed E-state index contributed by atoms with van der Waals surface area (Å²) in [4.78, 5) is 21.2. The number of carbonyl (C=O) groups is 1. The van der Waals surface area contributed by atoms with E-state index in [0.717, 1.165) is 55.7 Å². The Labute approximate surface area is 218 Å². The molecule has 3 N–H and O–H groups in total. The quantitative estimate of drug-likeness (QED) is 0.428. The molecule has 0 bridgehead atoms. The maximum atomic E-state index is 13.5. The van der Waals surface area contributed by atoms with Gasteiger partial charge in [-0.25, -0.2) is 14.2 Å². The Morgan fingerprint density at radius 3 is 2.81 bits per heavy atom. The second-order valence-electron chi connectivity index (χ2n) is 10.0. The molecule has 2 aromatic carbocycles. The highest BCUT2D eigenvalue weighted by atomic mass is 19.1. The van der Waals surface area contributed by atoms with Crippen LogP contribution in [0.2, 0.25) is 0 Å². The van der Waals surface area contributed by atoms with Crippen LogP contribution in [-0.2, 0) is 19.5 Å². The molecule has 5 rings (SSSR count). The number of rotatable bonds is 8. The molecule has 3 heterocycles. The summed E-state index contributed by atoms with van der Waals surface area (Å²) in [5.41, 5.74) is 11.3. The normalized spacial score (nSPS) is 18.9. The lowest BCUT2D eigenvalue weighted by Gasteiger charge is -2.29. The fourth-order valence-electron chi connectivity index (χ4n) is 5.14.